The fraction of sp³-hybridized carbons (Fsp3) is 0.435. The molecular formula is C23H30N4O2. The molecule has 0 saturated heterocycles. The Kier molecular flexibility index (Phi) is 6.52. The molecule has 1 amide bonds. The number of carbonyl (C=O) groups excluding carboxylic acids is 1. The number of aromatic nitrogens is 3. The molecule has 1 atom stereocenters. The summed E-state index contributed by atoms with van der Waals surface area (Å²) < 4.78 is 7.52. The van der Waals surface area contributed by atoms with Gasteiger partial charge in [-0.25, -0.2) is 9.97 Å². The van der Waals surface area contributed by atoms with Gasteiger partial charge in [0.15, 0.2) is 5.65 Å². The number of nitrogens with one attached hydrogen (secondary N) is 1. The molecule has 2 aromatic heterocycles. The summed E-state index contributed by atoms with van der Waals surface area (Å²) in [6, 6.07) is 11.5. The number of imidazole rings is 1. The number of fused-ring (bicyclic) bond motifs is 1. The summed E-state index contributed by atoms with van der Waals surface area (Å²) in [5, 5.41) is 3.22. The van der Waals surface area contributed by atoms with Gasteiger partial charge in [-0.05, 0) is 44.4 Å². The van der Waals surface area contributed by atoms with E-state index in [2.05, 4.69) is 42.6 Å². The SMILES string of the molecule is COc1ccccc1CC(=O)N[C@@H](CC(C)C)c1nc2cccnc2n1C(C)C. The lowest BCUT2D eigenvalue weighted by atomic mass is 10.0. The van der Waals surface area contributed by atoms with Crippen LogP contribution in [0.15, 0.2) is 42.6 Å². The highest BCUT2D eigenvalue weighted by molar-refractivity contribution is 5.80. The molecule has 0 fully saturated rings. The second-order valence-corrected chi connectivity index (χ2v) is 8.02. The van der Waals surface area contributed by atoms with Crippen LogP contribution in [0, 0.1) is 5.92 Å². The molecule has 0 spiro atoms. The van der Waals surface area contributed by atoms with Gasteiger partial charge in [-0.3, -0.25) is 4.79 Å². The molecule has 0 saturated carbocycles. The second-order valence-electron chi connectivity index (χ2n) is 8.02. The molecular weight excluding hydrogens is 364 g/mol. The number of carbonyl (C=O) groups is 1. The van der Waals surface area contributed by atoms with Crippen molar-refractivity contribution in [3.05, 3.63) is 54.0 Å². The normalized spacial score (nSPS) is 12.5. The van der Waals surface area contributed by atoms with E-state index >= 15 is 0 Å². The number of pyridine rings is 1. The van der Waals surface area contributed by atoms with E-state index in [0.29, 0.717) is 5.92 Å². The van der Waals surface area contributed by atoms with Crippen molar-refractivity contribution in [2.24, 2.45) is 5.92 Å². The van der Waals surface area contributed by atoms with Gasteiger partial charge in [0.25, 0.3) is 0 Å². The summed E-state index contributed by atoms with van der Waals surface area (Å²) in [6.45, 7) is 8.53. The first-order valence-corrected chi connectivity index (χ1v) is 10.1. The highest BCUT2D eigenvalue weighted by Gasteiger charge is 2.25. The number of amides is 1. The number of benzene rings is 1. The van der Waals surface area contributed by atoms with Crippen molar-refractivity contribution >= 4 is 17.1 Å². The molecule has 6 nitrogen and oxygen atoms in total. The van der Waals surface area contributed by atoms with Gasteiger partial charge in [0.1, 0.15) is 17.1 Å². The number of hydrogen-bond acceptors (Lipinski definition) is 4. The van der Waals surface area contributed by atoms with E-state index in [0.717, 1.165) is 34.7 Å². The van der Waals surface area contributed by atoms with E-state index in [1.54, 1.807) is 13.3 Å². The van der Waals surface area contributed by atoms with Gasteiger partial charge in [0.05, 0.1) is 19.6 Å². The van der Waals surface area contributed by atoms with Crippen LogP contribution >= 0.6 is 0 Å². The first-order valence-electron chi connectivity index (χ1n) is 10.1. The third kappa shape index (κ3) is 4.75. The first kappa shape index (κ1) is 20.8. The van der Waals surface area contributed by atoms with Crippen molar-refractivity contribution < 1.29 is 9.53 Å². The quantitative estimate of drug-likeness (QED) is 0.612. The molecule has 0 radical (unpaired) electrons. The van der Waals surface area contributed by atoms with E-state index < -0.39 is 0 Å². The third-order valence-corrected chi connectivity index (χ3v) is 4.89. The van der Waals surface area contributed by atoms with Crippen molar-refractivity contribution in [2.75, 3.05) is 7.11 Å². The smallest absolute Gasteiger partial charge is 0.225 e. The third-order valence-electron chi connectivity index (χ3n) is 4.89. The van der Waals surface area contributed by atoms with Crippen LogP contribution < -0.4 is 10.1 Å². The monoisotopic (exact) mass is 394 g/mol. The Hall–Kier alpha value is -2.89. The summed E-state index contributed by atoms with van der Waals surface area (Å²) in [7, 11) is 1.62. The Bertz CT molecular complexity index is 978. The number of nitrogens with zero attached hydrogens (tertiary/aromatic N) is 3. The number of ether oxygens (including phenoxy) is 1. The molecule has 0 aliphatic carbocycles. The maximum atomic E-state index is 12.9. The van der Waals surface area contributed by atoms with Crippen LogP contribution in [0.4, 0.5) is 0 Å². The molecule has 0 aliphatic rings. The summed E-state index contributed by atoms with van der Waals surface area (Å²) in [5.41, 5.74) is 2.57. The predicted octanol–water partition coefficient (Wildman–Crippen LogP) is 4.47. The van der Waals surface area contributed by atoms with Crippen LogP contribution in [-0.2, 0) is 11.2 Å². The lowest BCUT2D eigenvalue weighted by molar-refractivity contribution is -0.121. The van der Waals surface area contributed by atoms with Gasteiger partial charge in [-0.1, -0.05) is 32.0 Å². The van der Waals surface area contributed by atoms with Crippen LogP contribution in [0.3, 0.4) is 0 Å². The Morgan fingerprint density at radius 2 is 1.90 bits per heavy atom. The minimum Gasteiger partial charge on any atom is -0.496 e. The van der Waals surface area contributed by atoms with E-state index in [1.807, 2.05) is 36.4 Å². The largest absolute Gasteiger partial charge is 0.496 e. The molecule has 154 valence electrons. The van der Waals surface area contributed by atoms with E-state index in [-0.39, 0.29) is 24.4 Å². The highest BCUT2D eigenvalue weighted by Crippen LogP contribution is 2.28. The fourth-order valence-electron chi connectivity index (χ4n) is 3.67. The summed E-state index contributed by atoms with van der Waals surface area (Å²) in [5.74, 6) is 1.94. The van der Waals surface area contributed by atoms with Gasteiger partial charge in [-0.15, -0.1) is 0 Å². The molecule has 3 aromatic rings. The highest BCUT2D eigenvalue weighted by atomic mass is 16.5. The van der Waals surface area contributed by atoms with Gasteiger partial charge < -0.3 is 14.6 Å². The van der Waals surface area contributed by atoms with E-state index in [1.165, 1.54) is 0 Å². The molecule has 0 aliphatic heterocycles. The number of hydrogen-bond donors (Lipinski definition) is 1. The zero-order chi connectivity index (χ0) is 21.0. The molecule has 0 unspecified atom stereocenters. The molecule has 1 N–H and O–H groups in total. The fourth-order valence-corrected chi connectivity index (χ4v) is 3.67. The molecule has 6 heteroatoms. The van der Waals surface area contributed by atoms with E-state index in [9.17, 15) is 4.79 Å². The zero-order valence-electron chi connectivity index (χ0n) is 17.8. The average molecular weight is 395 g/mol. The van der Waals surface area contributed by atoms with Crippen LogP contribution in [0.2, 0.25) is 0 Å². The molecule has 1 aromatic carbocycles. The van der Waals surface area contributed by atoms with Crippen molar-refractivity contribution in [3.63, 3.8) is 0 Å². The topological polar surface area (TPSA) is 69.0 Å². The van der Waals surface area contributed by atoms with Gasteiger partial charge in [-0.2, -0.15) is 0 Å². The molecule has 0 bridgehead atoms. The van der Waals surface area contributed by atoms with Crippen molar-refractivity contribution in [1.29, 1.82) is 0 Å². The molecule has 2 heterocycles. The average Bonchev–Trinajstić information content (AvgIpc) is 3.07. The van der Waals surface area contributed by atoms with Gasteiger partial charge in [0, 0.05) is 17.8 Å². The lowest BCUT2D eigenvalue weighted by Crippen LogP contribution is -2.33. The predicted molar refractivity (Wildman–Crippen MR) is 115 cm³/mol. The van der Waals surface area contributed by atoms with E-state index in [4.69, 9.17) is 9.72 Å². The molecule has 29 heavy (non-hydrogen) atoms. The minimum absolute atomic E-state index is 0.0459. The summed E-state index contributed by atoms with van der Waals surface area (Å²) >= 11 is 0. The van der Waals surface area contributed by atoms with Crippen LogP contribution in [0.5, 0.6) is 5.75 Å². The number of para-hydroxylation sites is 1. The second kappa shape index (κ2) is 9.07. The molecule has 3 rings (SSSR count). The summed E-state index contributed by atoms with van der Waals surface area (Å²) in [4.78, 5) is 22.3. The zero-order valence-corrected chi connectivity index (χ0v) is 17.8. The number of rotatable bonds is 8. The van der Waals surface area contributed by atoms with Crippen molar-refractivity contribution in [1.82, 2.24) is 19.9 Å². The van der Waals surface area contributed by atoms with Crippen LogP contribution in [0.1, 0.15) is 57.6 Å². The van der Waals surface area contributed by atoms with Crippen molar-refractivity contribution in [3.8, 4) is 5.75 Å². The number of methoxy groups -OCH3 is 1. The lowest BCUT2D eigenvalue weighted by Gasteiger charge is -2.23. The maximum Gasteiger partial charge on any atom is 0.225 e. The van der Waals surface area contributed by atoms with Crippen LogP contribution in [0.25, 0.3) is 11.2 Å². The summed E-state index contributed by atoms with van der Waals surface area (Å²) in [6.07, 6.45) is 2.84. The first-order chi connectivity index (χ1) is 13.9. The maximum absolute atomic E-state index is 12.9. The Labute approximate surface area is 172 Å². The Balaban J connectivity index is 1.92. The standard InChI is InChI=1S/C23H30N4O2/c1-15(2)13-19(25-21(28)14-17-9-6-7-11-20(17)29-5)23-26-18-10-8-12-24-22(18)27(23)16(3)4/h6-12,15-16,19H,13-14H2,1-5H3,(H,25,28)/t19-/m0/s1. The Morgan fingerprint density at radius 1 is 1.14 bits per heavy atom. The van der Waals surface area contributed by atoms with Crippen molar-refractivity contribution in [2.45, 2.75) is 52.6 Å². The van der Waals surface area contributed by atoms with Gasteiger partial charge >= 0.3 is 0 Å². The van der Waals surface area contributed by atoms with Crippen LogP contribution in [-0.4, -0.2) is 27.6 Å². The Morgan fingerprint density at radius 3 is 2.59 bits per heavy atom. The van der Waals surface area contributed by atoms with Gasteiger partial charge in [0.2, 0.25) is 5.91 Å². The minimum atomic E-state index is -0.186.